The van der Waals surface area contributed by atoms with E-state index in [-0.39, 0.29) is 13.0 Å². The van der Waals surface area contributed by atoms with Gasteiger partial charge in [-0.15, -0.1) is 0 Å². The lowest BCUT2D eigenvalue weighted by Crippen LogP contribution is -2.26. The number of hydrogen-bond donors (Lipinski definition) is 1. The molecule has 0 aliphatic carbocycles. The Hall–Kier alpha value is -1.36. The number of aliphatic hydroxyl groups excluding tert-OH is 1. The number of aromatic nitrogens is 2. The standard InChI is InChI=1S/C12H20N2O3/c1-4-9-7-10(14(5-2)13-9)8-11(15)12(16)17-6-3/h7,11,15H,4-6,8H2,1-3H3. The minimum atomic E-state index is -1.11. The number of carbonyl (C=O) groups excluding carboxylic acids is 1. The van der Waals surface area contributed by atoms with Gasteiger partial charge in [-0.2, -0.15) is 5.10 Å². The SMILES string of the molecule is CCOC(=O)C(O)Cc1cc(CC)nn1CC. The first kappa shape index (κ1) is 13.7. The number of nitrogens with zero attached hydrogens (tertiary/aromatic N) is 2. The van der Waals surface area contributed by atoms with Crippen molar-refractivity contribution in [2.75, 3.05) is 6.61 Å². The second-order valence-corrected chi connectivity index (χ2v) is 3.77. The summed E-state index contributed by atoms with van der Waals surface area (Å²) in [5.74, 6) is -0.575. The molecule has 0 aliphatic heterocycles. The van der Waals surface area contributed by atoms with Crippen LogP contribution in [0.15, 0.2) is 6.07 Å². The van der Waals surface area contributed by atoms with Crippen molar-refractivity contribution in [3.8, 4) is 0 Å². The lowest BCUT2D eigenvalue weighted by Gasteiger charge is -2.10. The van der Waals surface area contributed by atoms with Crippen molar-refractivity contribution in [2.45, 2.75) is 46.3 Å². The third-order valence-corrected chi connectivity index (χ3v) is 2.54. The number of ether oxygens (including phenoxy) is 1. The first-order chi connectivity index (χ1) is 8.12. The Bertz CT molecular complexity index is 374. The minimum Gasteiger partial charge on any atom is -0.464 e. The predicted molar refractivity (Wildman–Crippen MR) is 63.6 cm³/mol. The molecule has 0 spiro atoms. The van der Waals surface area contributed by atoms with Crippen molar-refractivity contribution in [3.05, 3.63) is 17.5 Å². The van der Waals surface area contributed by atoms with Crippen molar-refractivity contribution in [1.82, 2.24) is 9.78 Å². The van der Waals surface area contributed by atoms with Crippen LogP contribution >= 0.6 is 0 Å². The quantitative estimate of drug-likeness (QED) is 0.751. The van der Waals surface area contributed by atoms with E-state index in [2.05, 4.69) is 5.10 Å². The summed E-state index contributed by atoms with van der Waals surface area (Å²) in [5, 5.41) is 14.0. The van der Waals surface area contributed by atoms with Crippen molar-refractivity contribution in [3.63, 3.8) is 0 Å². The fourth-order valence-electron chi connectivity index (χ4n) is 1.65. The Morgan fingerprint density at radius 3 is 2.76 bits per heavy atom. The highest BCUT2D eigenvalue weighted by Gasteiger charge is 2.19. The molecule has 0 saturated heterocycles. The van der Waals surface area contributed by atoms with Gasteiger partial charge in [-0.25, -0.2) is 4.79 Å². The molecule has 0 aliphatic rings. The molecule has 0 fully saturated rings. The lowest BCUT2D eigenvalue weighted by molar-refractivity contribution is -0.152. The number of rotatable bonds is 6. The zero-order valence-electron chi connectivity index (χ0n) is 10.6. The predicted octanol–water partition coefficient (Wildman–Crippen LogP) is 0.932. The van der Waals surface area contributed by atoms with Crippen LogP contribution in [0, 0.1) is 0 Å². The van der Waals surface area contributed by atoms with Crippen LogP contribution in [0.4, 0.5) is 0 Å². The Morgan fingerprint density at radius 2 is 2.24 bits per heavy atom. The third kappa shape index (κ3) is 3.56. The lowest BCUT2D eigenvalue weighted by atomic mass is 10.2. The zero-order chi connectivity index (χ0) is 12.8. The summed E-state index contributed by atoms with van der Waals surface area (Å²) in [6, 6.07) is 1.92. The molecule has 1 rings (SSSR count). The molecular weight excluding hydrogens is 220 g/mol. The molecule has 1 aromatic rings. The molecule has 0 radical (unpaired) electrons. The molecule has 5 heteroatoms. The summed E-state index contributed by atoms with van der Waals surface area (Å²) in [7, 11) is 0. The Morgan fingerprint density at radius 1 is 1.53 bits per heavy atom. The summed E-state index contributed by atoms with van der Waals surface area (Å²) in [6.45, 7) is 6.73. The summed E-state index contributed by atoms with van der Waals surface area (Å²) < 4.78 is 6.57. The van der Waals surface area contributed by atoms with Gasteiger partial charge in [0.1, 0.15) is 0 Å². The third-order valence-electron chi connectivity index (χ3n) is 2.54. The van der Waals surface area contributed by atoms with Crippen LogP contribution in [-0.4, -0.2) is 33.6 Å². The Labute approximate surface area is 101 Å². The van der Waals surface area contributed by atoms with Gasteiger partial charge in [0.05, 0.1) is 12.3 Å². The average molecular weight is 240 g/mol. The van der Waals surface area contributed by atoms with Gasteiger partial charge in [-0.3, -0.25) is 4.68 Å². The Balaban J connectivity index is 2.72. The van der Waals surface area contributed by atoms with Gasteiger partial charge < -0.3 is 9.84 Å². The molecular formula is C12H20N2O3. The summed E-state index contributed by atoms with van der Waals surface area (Å²) in [5.41, 5.74) is 1.84. The molecule has 1 heterocycles. The molecule has 96 valence electrons. The monoisotopic (exact) mass is 240 g/mol. The van der Waals surface area contributed by atoms with Crippen LogP contribution in [0.3, 0.4) is 0 Å². The number of esters is 1. The highest BCUT2D eigenvalue weighted by atomic mass is 16.5. The smallest absolute Gasteiger partial charge is 0.335 e. The molecule has 5 nitrogen and oxygen atoms in total. The van der Waals surface area contributed by atoms with Crippen molar-refractivity contribution in [2.24, 2.45) is 0 Å². The largest absolute Gasteiger partial charge is 0.464 e. The normalized spacial score (nSPS) is 12.5. The number of carbonyl (C=O) groups is 1. The van der Waals surface area contributed by atoms with E-state index in [0.717, 1.165) is 24.4 Å². The van der Waals surface area contributed by atoms with Gasteiger partial charge in [-0.1, -0.05) is 6.92 Å². The molecule has 1 N–H and O–H groups in total. The van der Waals surface area contributed by atoms with E-state index in [1.165, 1.54) is 0 Å². The van der Waals surface area contributed by atoms with Gasteiger partial charge >= 0.3 is 5.97 Å². The topological polar surface area (TPSA) is 64.3 Å². The van der Waals surface area contributed by atoms with E-state index in [1.54, 1.807) is 11.6 Å². The molecule has 1 unspecified atom stereocenters. The number of aryl methyl sites for hydroxylation is 2. The summed E-state index contributed by atoms with van der Waals surface area (Å²) >= 11 is 0. The van der Waals surface area contributed by atoms with Crippen LogP contribution in [0.25, 0.3) is 0 Å². The minimum absolute atomic E-state index is 0.250. The maximum atomic E-state index is 11.3. The van der Waals surface area contributed by atoms with Crippen molar-refractivity contribution < 1.29 is 14.6 Å². The van der Waals surface area contributed by atoms with Gasteiger partial charge in [0.2, 0.25) is 0 Å². The molecule has 0 saturated carbocycles. The summed E-state index contributed by atoms with van der Waals surface area (Å²) in [6.07, 6.45) is -0.0171. The maximum Gasteiger partial charge on any atom is 0.335 e. The fourth-order valence-corrected chi connectivity index (χ4v) is 1.65. The molecule has 17 heavy (non-hydrogen) atoms. The van der Waals surface area contributed by atoms with Crippen LogP contribution < -0.4 is 0 Å². The molecule has 0 aromatic carbocycles. The van der Waals surface area contributed by atoms with Gasteiger partial charge in [0.25, 0.3) is 0 Å². The highest BCUT2D eigenvalue weighted by molar-refractivity contribution is 5.74. The van der Waals surface area contributed by atoms with Crippen LogP contribution in [0.1, 0.15) is 32.2 Å². The zero-order valence-corrected chi connectivity index (χ0v) is 10.6. The highest BCUT2D eigenvalue weighted by Crippen LogP contribution is 2.09. The van der Waals surface area contributed by atoms with Crippen LogP contribution in [-0.2, 0) is 28.9 Å². The van der Waals surface area contributed by atoms with Crippen LogP contribution in [0.5, 0.6) is 0 Å². The fraction of sp³-hybridized carbons (Fsp3) is 0.667. The number of hydrogen-bond acceptors (Lipinski definition) is 4. The van der Waals surface area contributed by atoms with Gasteiger partial charge in [-0.05, 0) is 26.3 Å². The molecule has 0 bridgehead atoms. The second kappa shape index (κ2) is 6.39. The van der Waals surface area contributed by atoms with Crippen LogP contribution in [0.2, 0.25) is 0 Å². The number of aliphatic hydroxyl groups is 1. The van der Waals surface area contributed by atoms with Gasteiger partial charge in [0.15, 0.2) is 6.10 Å². The van der Waals surface area contributed by atoms with E-state index < -0.39 is 12.1 Å². The average Bonchev–Trinajstić information content (AvgIpc) is 2.71. The molecule has 1 atom stereocenters. The van der Waals surface area contributed by atoms with Crippen molar-refractivity contribution in [1.29, 1.82) is 0 Å². The molecule has 0 amide bonds. The van der Waals surface area contributed by atoms with Crippen molar-refractivity contribution >= 4 is 5.97 Å². The first-order valence-corrected chi connectivity index (χ1v) is 6.02. The molecule has 1 aromatic heterocycles. The van der Waals surface area contributed by atoms with E-state index in [1.807, 2.05) is 19.9 Å². The van der Waals surface area contributed by atoms with E-state index >= 15 is 0 Å². The summed E-state index contributed by atoms with van der Waals surface area (Å²) in [4.78, 5) is 11.3. The maximum absolute atomic E-state index is 11.3. The van der Waals surface area contributed by atoms with E-state index in [4.69, 9.17) is 4.74 Å². The van der Waals surface area contributed by atoms with E-state index in [0.29, 0.717) is 0 Å². The van der Waals surface area contributed by atoms with Gasteiger partial charge in [0, 0.05) is 18.7 Å². The van der Waals surface area contributed by atoms with E-state index in [9.17, 15) is 9.90 Å². The first-order valence-electron chi connectivity index (χ1n) is 6.02. The Kier molecular flexibility index (Phi) is 5.15. The second-order valence-electron chi connectivity index (χ2n) is 3.77.